The number of nitrogens with zero attached hydrogens (tertiary/aromatic N) is 4. The van der Waals surface area contributed by atoms with Gasteiger partial charge in [-0.05, 0) is 101 Å². The maximum absolute atomic E-state index is 13.7. The molecule has 0 aliphatic carbocycles. The van der Waals surface area contributed by atoms with E-state index in [9.17, 15) is 4.79 Å². The van der Waals surface area contributed by atoms with Gasteiger partial charge in [0.15, 0.2) is 0 Å². The summed E-state index contributed by atoms with van der Waals surface area (Å²) in [5.74, 6) is 1.93. The van der Waals surface area contributed by atoms with Crippen molar-refractivity contribution in [3.05, 3.63) is 58.9 Å². The second kappa shape index (κ2) is 16.0. The Morgan fingerprint density at radius 1 is 1.00 bits per heavy atom. The van der Waals surface area contributed by atoms with Crippen LogP contribution in [0.3, 0.4) is 0 Å². The lowest BCUT2D eigenvalue weighted by atomic mass is 9.95. The third-order valence-corrected chi connectivity index (χ3v) is 8.84. The highest BCUT2D eigenvalue weighted by molar-refractivity contribution is 6.30. The van der Waals surface area contributed by atoms with Crippen LogP contribution in [0.2, 0.25) is 5.02 Å². The molecule has 0 radical (unpaired) electrons. The summed E-state index contributed by atoms with van der Waals surface area (Å²) < 4.78 is 8.32. The van der Waals surface area contributed by atoms with Gasteiger partial charge >= 0.3 is 0 Å². The first kappa shape index (κ1) is 33.5. The van der Waals surface area contributed by atoms with E-state index >= 15 is 0 Å². The number of likely N-dealkylation sites (tertiary alicyclic amines) is 2. The Balaban J connectivity index is 0.00000231. The molecule has 2 atom stereocenters. The smallest absolute Gasteiger partial charge is 0.225 e. The van der Waals surface area contributed by atoms with Crippen molar-refractivity contribution in [2.24, 2.45) is 5.92 Å². The van der Waals surface area contributed by atoms with Gasteiger partial charge in [0.1, 0.15) is 18.2 Å². The van der Waals surface area contributed by atoms with Crippen molar-refractivity contribution in [1.82, 2.24) is 19.4 Å². The second-order valence-electron chi connectivity index (χ2n) is 11.4. The van der Waals surface area contributed by atoms with Crippen molar-refractivity contribution in [3.63, 3.8) is 0 Å². The first-order chi connectivity index (χ1) is 19.0. The molecular weight excluding hydrogens is 579 g/mol. The van der Waals surface area contributed by atoms with E-state index in [-0.39, 0.29) is 30.7 Å². The molecule has 6 nitrogen and oxygen atoms in total. The largest absolute Gasteiger partial charge is 0.486 e. The molecule has 226 valence electrons. The number of para-hydroxylation sites is 1. The van der Waals surface area contributed by atoms with Gasteiger partial charge in [0, 0.05) is 36.6 Å². The fourth-order valence-electron chi connectivity index (χ4n) is 6.21. The number of aryl methyl sites for hydroxylation is 2. The Bertz CT molecular complexity index is 1240. The van der Waals surface area contributed by atoms with Crippen LogP contribution in [-0.2, 0) is 17.9 Å². The third-order valence-electron chi connectivity index (χ3n) is 8.59. The van der Waals surface area contributed by atoms with E-state index in [0.29, 0.717) is 23.6 Å². The minimum atomic E-state index is -0.0344. The Morgan fingerprint density at radius 3 is 2.49 bits per heavy atom. The summed E-state index contributed by atoms with van der Waals surface area (Å²) in [7, 11) is 0. The predicted octanol–water partition coefficient (Wildman–Crippen LogP) is 7.70. The van der Waals surface area contributed by atoms with Gasteiger partial charge in [-0.25, -0.2) is 4.98 Å². The molecule has 41 heavy (non-hydrogen) atoms. The molecule has 3 heterocycles. The average molecular weight is 624 g/mol. The van der Waals surface area contributed by atoms with Crippen molar-refractivity contribution < 1.29 is 9.53 Å². The number of benzene rings is 2. The summed E-state index contributed by atoms with van der Waals surface area (Å²) >= 11 is 6.03. The molecule has 2 fully saturated rings. The minimum Gasteiger partial charge on any atom is -0.486 e. The fourth-order valence-corrected chi connectivity index (χ4v) is 6.33. The van der Waals surface area contributed by atoms with Crippen LogP contribution in [-0.4, -0.2) is 57.5 Å². The van der Waals surface area contributed by atoms with Gasteiger partial charge in [-0.1, -0.05) is 37.1 Å². The molecule has 5 rings (SSSR count). The SMILES string of the molecule is Cc1cccc2c1nc(COc1ccc(Cl)cc1)n2CC[C@H](C)C(=O)N1CCCCC1CCN1CCCCC1.Cl.Cl. The quantitative estimate of drug-likeness (QED) is 0.232. The molecule has 0 saturated carbocycles. The number of carbonyl (C=O) groups is 1. The lowest BCUT2D eigenvalue weighted by molar-refractivity contribution is -0.139. The predicted molar refractivity (Wildman–Crippen MR) is 173 cm³/mol. The number of halogens is 3. The van der Waals surface area contributed by atoms with Crippen LogP contribution < -0.4 is 4.74 Å². The molecule has 2 aromatic carbocycles. The van der Waals surface area contributed by atoms with Crippen molar-refractivity contribution in [3.8, 4) is 5.75 Å². The number of rotatable bonds is 10. The van der Waals surface area contributed by atoms with Gasteiger partial charge in [-0.3, -0.25) is 4.79 Å². The average Bonchev–Trinajstić information content (AvgIpc) is 3.33. The van der Waals surface area contributed by atoms with Crippen LogP contribution >= 0.6 is 36.4 Å². The van der Waals surface area contributed by atoms with E-state index in [0.717, 1.165) is 73.5 Å². The summed E-state index contributed by atoms with van der Waals surface area (Å²) in [6, 6.07) is 14.1. The Hall–Kier alpha value is -1.99. The van der Waals surface area contributed by atoms with Crippen LogP contribution in [0.15, 0.2) is 42.5 Å². The summed E-state index contributed by atoms with van der Waals surface area (Å²) in [5, 5.41) is 0.686. The van der Waals surface area contributed by atoms with Crippen LogP contribution in [0.4, 0.5) is 0 Å². The summed E-state index contributed by atoms with van der Waals surface area (Å²) in [6.45, 7) is 9.77. The summed E-state index contributed by atoms with van der Waals surface area (Å²) in [6.07, 6.45) is 9.39. The number of piperidine rings is 2. The van der Waals surface area contributed by atoms with E-state index in [1.807, 2.05) is 24.3 Å². The van der Waals surface area contributed by atoms with Crippen LogP contribution in [0, 0.1) is 12.8 Å². The molecule has 3 aromatic rings. The topological polar surface area (TPSA) is 50.6 Å². The number of ether oxygens (including phenoxy) is 1. The maximum Gasteiger partial charge on any atom is 0.225 e. The molecule has 1 amide bonds. The first-order valence-corrected chi connectivity index (χ1v) is 15.2. The highest BCUT2D eigenvalue weighted by atomic mass is 35.5. The van der Waals surface area contributed by atoms with Gasteiger partial charge in [0.2, 0.25) is 5.91 Å². The van der Waals surface area contributed by atoms with Gasteiger partial charge in [-0.2, -0.15) is 0 Å². The lowest BCUT2D eigenvalue weighted by Crippen LogP contribution is -2.47. The molecule has 1 unspecified atom stereocenters. The number of hydrogen-bond donors (Lipinski definition) is 0. The molecule has 9 heteroatoms. The Kier molecular flexibility index (Phi) is 13.1. The maximum atomic E-state index is 13.7. The molecule has 2 aliphatic rings. The number of carbonyl (C=O) groups excluding carboxylic acids is 1. The number of fused-ring (bicyclic) bond motifs is 1. The standard InChI is InChI=1S/C32H43ClN4O2.2ClH/c1-24-9-8-11-29-31(24)34-30(23-39-28-14-12-26(33)13-15-28)37(29)22-16-25(2)32(38)36-20-7-4-10-27(36)17-21-35-18-5-3-6-19-35;;/h8-9,11-15,25,27H,3-7,10,16-23H2,1-2H3;2*1H/t25-,27?;;/m0../s1. The van der Waals surface area contributed by atoms with E-state index in [2.05, 4.69) is 46.4 Å². The molecule has 2 aliphatic heterocycles. The van der Waals surface area contributed by atoms with Gasteiger partial charge in [0.05, 0.1) is 11.0 Å². The highest BCUT2D eigenvalue weighted by Gasteiger charge is 2.30. The molecule has 0 spiro atoms. The van der Waals surface area contributed by atoms with E-state index in [4.69, 9.17) is 21.3 Å². The highest BCUT2D eigenvalue weighted by Crippen LogP contribution is 2.26. The van der Waals surface area contributed by atoms with Crippen LogP contribution in [0.1, 0.15) is 69.7 Å². The van der Waals surface area contributed by atoms with Gasteiger partial charge in [0.25, 0.3) is 0 Å². The monoisotopic (exact) mass is 622 g/mol. The fraction of sp³-hybridized carbons (Fsp3) is 0.562. The summed E-state index contributed by atoms with van der Waals surface area (Å²) in [4.78, 5) is 23.5. The minimum absolute atomic E-state index is 0. The molecular formula is C32H45Cl3N4O2. The Morgan fingerprint density at radius 2 is 1.73 bits per heavy atom. The molecule has 1 aromatic heterocycles. The van der Waals surface area contributed by atoms with Gasteiger partial charge in [-0.15, -0.1) is 24.8 Å². The molecule has 0 N–H and O–H groups in total. The lowest BCUT2D eigenvalue weighted by Gasteiger charge is -2.39. The number of amides is 1. The summed E-state index contributed by atoms with van der Waals surface area (Å²) in [5.41, 5.74) is 3.25. The van der Waals surface area contributed by atoms with Crippen molar-refractivity contribution >= 4 is 53.4 Å². The van der Waals surface area contributed by atoms with E-state index in [1.54, 1.807) is 0 Å². The number of aromatic nitrogens is 2. The molecule has 0 bridgehead atoms. The molecule has 2 saturated heterocycles. The van der Waals surface area contributed by atoms with Crippen molar-refractivity contribution in [2.75, 3.05) is 26.2 Å². The first-order valence-electron chi connectivity index (χ1n) is 14.9. The van der Waals surface area contributed by atoms with Crippen molar-refractivity contribution in [1.29, 1.82) is 0 Å². The zero-order valence-corrected chi connectivity index (χ0v) is 26.8. The number of imidazole rings is 1. The Labute approximate surface area is 262 Å². The van der Waals surface area contributed by atoms with Crippen molar-refractivity contribution in [2.45, 2.75) is 84.4 Å². The normalized spacial score (nSPS) is 18.4. The van der Waals surface area contributed by atoms with Crippen LogP contribution in [0.25, 0.3) is 11.0 Å². The number of hydrogen-bond acceptors (Lipinski definition) is 4. The zero-order chi connectivity index (χ0) is 27.2. The third kappa shape index (κ3) is 8.53. The van der Waals surface area contributed by atoms with Crippen LogP contribution in [0.5, 0.6) is 5.75 Å². The van der Waals surface area contributed by atoms with E-state index in [1.165, 1.54) is 38.8 Å². The zero-order valence-electron chi connectivity index (χ0n) is 24.4. The second-order valence-corrected chi connectivity index (χ2v) is 11.9. The van der Waals surface area contributed by atoms with Gasteiger partial charge < -0.3 is 19.1 Å². The van der Waals surface area contributed by atoms with E-state index < -0.39 is 0 Å².